The van der Waals surface area contributed by atoms with Crippen LogP contribution in [0.15, 0.2) is 28.6 Å². The fourth-order valence-corrected chi connectivity index (χ4v) is 4.62. The molecule has 0 aromatic carbocycles. The summed E-state index contributed by atoms with van der Waals surface area (Å²) in [5.41, 5.74) is 1.50. The zero-order valence-electron chi connectivity index (χ0n) is 11.0. The second kappa shape index (κ2) is 5.77. The largest absolute Gasteiger partial charge is 0.336 e. The highest BCUT2D eigenvalue weighted by atomic mass is 79.9. The summed E-state index contributed by atoms with van der Waals surface area (Å²) in [6, 6.07) is 3.24. The van der Waals surface area contributed by atoms with Gasteiger partial charge in [-0.25, -0.2) is 4.98 Å². The molecule has 1 aliphatic rings. The average Bonchev–Trinajstić information content (AvgIpc) is 2.97. The maximum Gasteiger partial charge on any atom is 0.0946 e. The Balaban J connectivity index is 1.67. The molecule has 102 valence electrons. The zero-order valence-corrected chi connectivity index (χ0v) is 13.4. The predicted octanol–water partition coefficient (Wildman–Crippen LogP) is 3.76. The van der Waals surface area contributed by atoms with Crippen LogP contribution in [0.25, 0.3) is 0 Å². The lowest BCUT2D eigenvalue weighted by Gasteiger charge is -2.27. The van der Waals surface area contributed by atoms with Crippen LogP contribution in [0.4, 0.5) is 0 Å². The number of rotatable bonds is 4. The van der Waals surface area contributed by atoms with E-state index >= 15 is 0 Å². The Kier molecular flexibility index (Phi) is 4.05. The molecule has 0 bridgehead atoms. The van der Waals surface area contributed by atoms with E-state index in [2.05, 4.69) is 43.8 Å². The number of halogens is 1. The van der Waals surface area contributed by atoms with E-state index in [9.17, 15) is 0 Å². The highest BCUT2D eigenvalue weighted by molar-refractivity contribution is 9.11. The van der Waals surface area contributed by atoms with Crippen molar-refractivity contribution in [3.05, 3.63) is 39.0 Å². The SMILES string of the molecule is CC(Cn1ccnc1)NC1CCCc2sc(Br)cc21. The number of aryl methyl sites for hydroxylation is 1. The molecule has 1 aliphatic carbocycles. The summed E-state index contributed by atoms with van der Waals surface area (Å²) in [5, 5.41) is 3.76. The van der Waals surface area contributed by atoms with Gasteiger partial charge in [0.25, 0.3) is 0 Å². The van der Waals surface area contributed by atoms with Gasteiger partial charge in [0.2, 0.25) is 0 Å². The zero-order chi connectivity index (χ0) is 13.2. The number of nitrogens with zero attached hydrogens (tertiary/aromatic N) is 2. The topological polar surface area (TPSA) is 29.9 Å². The van der Waals surface area contributed by atoms with E-state index in [1.807, 2.05) is 30.1 Å². The fraction of sp³-hybridized carbons (Fsp3) is 0.500. The molecule has 0 amide bonds. The Morgan fingerprint density at radius 2 is 2.53 bits per heavy atom. The Bertz CT molecular complexity index is 535. The van der Waals surface area contributed by atoms with Crippen LogP contribution in [0, 0.1) is 0 Å². The number of imidazole rings is 1. The lowest BCUT2D eigenvalue weighted by molar-refractivity contribution is 0.382. The van der Waals surface area contributed by atoms with Crippen LogP contribution < -0.4 is 5.32 Å². The first-order valence-corrected chi connectivity index (χ1v) is 8.33. The van der Waals surface area contributed by atoms with E-state index in [0.29, 0.717) is 12.1 Å². The van der Waals surface area contributed by atoms with E-state index in [1.54, 1.807) is 4.88 Å². The number of fused-ring (bicyclic) bond motifs is 1. The van der Waals surface area contributed by atoms with Gasteiger partial charge in [0.15, 0.2) is 0 Å². The molecule has 5 heteroatoms. The van der Waals surface area contributed by atoms with E-state index in [4.69, 9.17) is 0 Å². The highest BCUT2D eigenvalue weighted by Gasteiger charge is 2.23. The van der Waals surface area contributed by atoms with Gasteiger partial charge < -0.3 is 9.88 Å². The number of hydrogen-bond donors (Lipinski definition) is 1. The van der Waals surface area contributed by atoms with Crippen molar-refractivity contribution in [2.45, 2.75) is 44.8 Å². The van der Waals surface area contributed by atoms with Crippen LogP contribution >= 0.6 is 27.3 Å². The van der Waals surface area contributed by atoms with E-state index in [-0.39, 0.29) is 0 Å². The van der Waals surface area contributed by atoms with Crippen molar-refractivity contribution in [1.29, 1.82) is 0 Å². The minimum absolute atomic E-state index is 0.448. The first-order valence-electron chi connectivity index (χ1n) is 6.72. The maximum absolute atomic E-state index is 4.09. The van der Waals surface area contributed by atoms with Crippen LogP contribution in [-0.4, -0.2) is 15.6 Å². The van der Waals surface area contributed by atoms with Gasteiger partial charge in [-0.3, -0.25) is 0 Å². The smallest absolute Gasteiger partial charge is 0.0946 e. The number of aromatic nitrogens is 2. The summed E-state index contributed by atoms with van der Waals surface area (Å²) in [7, 11) is 0. The maximum atomic E-state index is 4.09. The molecule has 2 heterocycles. The third-order valence-corrected chi connectivity index (χ3v) is 5.33. The van der Waals surface area contributed by atoms with Gasteiger partial charge in [-0.15, -0.1) is 11.3 Å². The molecular formula is C14H18BrN3S. The van der Waals surface area contributed by atoms with Gasteiger partial charge in [0, 0.05) is 35.9 Å². The predicted molar refractivity (Wildman–Crippen MR) is 82.5 cm³/mol. The third-order valence-electron chi connectivity index (χ3n) is 3.61. The van der Waals surface area contributed by atoms with Gasteiger partial charge in [-0.2, -0.15) is 0 Å². The van der Waals surface area contributed by atoms with Crippen LogP contribution in [0.5, 0.6) is 0 Å². The Morgan fingerprint density at radius 3 is 3.32 bits per heavy atom. The highest BCUT2D eigenvalue weighted by Crippen LogP contribution is 2.38. The van der Waals surface area contributed by atoms with Crippen molar-refractivity contribution >= 4 is 27.3 Å². The second-order valence-corrected chi connectivity index (χ2v) is 7.72. The summed E-state index contributed by atoms with van der Waals surface area (Å²) in [6.45, 7) is 3.22. The van der Waals surface area contributed by atoms with Crippen molar-refractivity contribution in [1.82, 2.24) is 14.9 Å². The van der Waals surface area contributed by atoms with Crippen molar-refractivity contribution in [2.24, 2.45) is 0 Å². The summed E-state index contributed by atoms with van der Waals surface area (Å²) in [6.07, 6.45) is 9.50. The average molecular weight is 340 g/mol. The lowest BCUT2D eigenvalue weighted by Crippen LogP contribution is -2.35. The van der Waals surface area contributed by atoms with Crippen molar-refractivity contribution in [2.75, 3.05) is 0 Å². The monoisotopic (exact) mass is 339 g/mol. The van der Waals surface area contributed by atoms with E-state index in [1.165, 1.54) is 28.6 Å². The molecule has 0 radical (unpaired) electrons. The quantitative estimate of drug-likeness (QED) is 0.918. The van der Waals surface area contributed by atoms with Gasteiger partial charge in [-0.1, -0.05) is 0 Å². The molecule has 0 saturated heterocycles. The summed E-state index contributed by atoms with van der Waals surface area (Å²) in [5.74, 6) is 0. The lowest BCUT2D eigenvalue weighted by atomic mass is 9.93. The van der Waals surface area contributed by atoms with Crippen molar-refractivity contribution in [3.8, 4) is 0 Å². The summed E-state index contributed by atoms with van der Waals surface area (Å²) < 4.78 is 3.39. The normalized spacial score (nSPS) is 20.2. The molecule has 2 aromatic rings. The Hall–Kier alpha value is -0.650. The fourth-order valence-electron chi connectivity index (χ4n) is 2.80. The van der Waals surface area contributed by atoms with Gasteiger partial charge in [-0.05, 0) is 53.7 Å². The number of hydrogen-bond acceptors (Lipinski definition) is 3. The first kappa shape index (κ1) is 13.3. The summed E-state index contributed by atoms with van der Waals surface area (Å²) in [4.78, 5) is 5.64. The molecule has 2 aromatic heterocycles. The van der Waals surface area contributed by atoms with Gasteiger partial charge in [0.1, 0.15) is 0 Å². The summed E-state index contributed by atoms with van der Waals surface area (Å²) >= 11 is 5.50. The molecule has 3 nitrogen and oxygen atoms in total. The standard InChI is InChI=1S/C14H18BrN3S/c1-10(8-18-6-5-16-9-18)17-12-3-2-4-13-11(12)7-14(15)19-13/h5-7,9-10,12,17H,2-4,8H2,1H3. The van der Waals surface area contributed by atoms with Crippen LogP contribution in [-0.2, 0) is 13.0 Å². The van der Waals surface area contributed by atoms with Crippen LogP contribution in [0.2, 0.25) is 0 Å². The molecule has 2 atom stereocenters. The third kappa shape index (κ3) is 3.09. The Labute approximate surface area is 126 Å². The van der Waals surface area contributed by atoms with Crippen LogP contribution in [0.3, 0.4) is 0 Å². The van der Waals surface area contributed by atoms with Crippen molar-refractivity contribution in [3.63, 3.8) is 0 Å². The second-order valence-electron chi connectivity index (χ2n) is 5.20. The van der Waals surface area contributed by atoms with E-state index < -0.39 is 0 Å². The molecule has 3 rings (SSSR count). The minimum Gasteiger partial charge on any atom is -0.336 e. The van der Waals surface area contributed by atoms with Gasteiger partial charge in [0.05, 0.1) is 10.1 Å². The molecular weight excluding hydrogens is 322 g/mol. The molecule has 0 aliphatic heterocycles. The van der Waals surface area contributed by atoms with E-state index in [0.717, 1.165) is 6.54 Å². The molecule has 0 spiro atoms. The molecule has 19 heavy (non-hydrogen) atoms. The number of thiophene rings is 1. The molecule has 1 N–H and O–H groups in total. The van der Waals surface area contributed by atoms with Crippen LogP contribution in [0.1, 0.15) is 36.2 Å². The Morgan fingerprint density at radius 1 is 1.63 bits per heavy atom. The molecule has 0 fully saturated rings. The minimum atomic E-state index is 0.448. The first-order chi connectivity index (χ1) is 9.22. The number of nitrogens with one attached hydrogen (secondary N) is 1. The molecule has 2 unspecified atom stereocenters. The van der Waals surface area contributed by atoms with Crippen molar-refractivity contribution < 1.29 is 0 Å². The van der Waals surface area contributed by atoms with Gasteiger partial charge >= 0.3 is 0 Å². The molecule has 0 saturated carbocycles.